The first-order chi connectivity index (χ1) is 9.69. The van der Waals surface area contributed by atoms with E-state index in [1.54, 1.807) is 0 Å². The summed E-state index contributed by atoms with van der Waals surface area (Å²) in [6.07, 6.45) is 3.24. The standard InChI is InChI=1S/C17H23N3/c1-12-3-5-14(6-4-12)17-15(7-9-18)20-10-8-13(2)11-16(20)19-17/h3-6,13H,7-11,18H2,1-2H3. The van der Waals surface area contributed by atoms with Crippen LogP contribution in [0.3, 0.4) is 0 Å². The molecule has 0 spiro atoms. The van der Waals surface area contributed by atoms with Crippen molar-refractivity contribution in [2.45, 2.75) is 39.7 Å². The first-order valence-corrected chi connectivity index (χ1v) is 7.54. The molecule has 3 heteroatoms. The average Bonchev–Trinajstić information content (AvgIpc) is 2.78. The van der Waals surface area contributed by atoms with E-state index in [9.17, 15) is 0 Å². The van der Waals surface area contributed by atoms with E-state index < -0.39 is 0 Å². The van der Waals surface area contributed by atoms with Crippen molar-refractivity contribution in [1.29, 1.82) is 0 Å². The summed E-state index contributed by atoms with van der Waals surface area (Å²) in [6, 6.07) is 8.66. The maximum atomic E-state index is 5.81. The lowest BCUT2D eigenvalue weighted by Gasteiger charge is -2.21. The van der Waals surface area contributed by atoms with Gasteiger partial charge in [-0.25, -0.2) is 4.98 Å². The minimum atomic E-state index is 0.680. The van der Waals surface area contributed by atoms with Crippen LogP contribution in [0, 0.1) is 12.8 Å². The Hall–Kier alpha value is -1.61. The SMILES string of the molecule is Cc1ccc(-c2nc3n(c2CCN)CCC(C)C3)cc1. The Kier molecular flexibility index (Phi) is 3.62. The molecule has 0 saturated heterocycles. The summed E-state index contributed by atoms with van der Waals surface area (Å²) in [7, 11) is 0. The highest BCUT2D eigenvalue weighted by molar-refractivity contribution is 5.63. The molecule has 3 rings (SSSR count). The van der Waals surface area contributed by atoms with Crippen molar-refractivity contribution in [2.24, 2.45) is 11.7 Å². The molecule has 0 saturated carbocycles. The molecule has 1 aromatic heterocycles. The smallest absolute Gasteiger partial charge is 0.109 e. The summed E-state index contributed by atoms with van der Waals surface area (Å²) in [4.78, 5) is 4.93. The Morgan fingerprint density at radius 3 is 2.75 bits per heavy atom. The highest BCUT2D eigenvalue weighted by atomic mass is 15.1. The van der Waals surface area contributed by atoms with Gasteiger partial charge < -0.3 is 10.3 Å². The first kappa shape index (κ1) is 13.4. The van der Waals surface area contributed by atoms with Gasteiger partial charge in [0.25, 0.3) is 0 Å². The number of rotatable bonds is 3. The van der Waals surface area contributed by atoms with Crippen molar-refractivity contribution in [3.05, 3.63) is 41.3 Å². The van der Waals surface area contributed by atoms with Crippen LogP contribution < -0.4 is 5.73 Å². The number of aryl methyl sites for hydroxylation is 1. The third-order valence-electron chi connectivity index (χ3n) is 4.23. The molecule has 0 amide bonds. The molecule has 0 aliphatic carbocycles. The number of benzene rings is 1. The second-order valence-corrected chi connectivity index (χ2v) is 5.98. The molecule has 2 N–H and O–H groups in total. The fourth-order valence-corrected chi connectivity index (χ4v) is 3.05. The number of hydrogen-bond donors (Lipinski definition) is 1. The molecule has 3 nitrogen and oxygen atoms in total. The normalized spacial score (nSPS) is 18.1. The Morgan fingerprint density at radius 2 is 2.05 bits per heavy atom. The summed E-state index contributed by atoms with van der Waals surface area (Å²) in [5.41, 5.74) is 10.8. The van der Waals surface area contributed by atoms with Gasteiger partial charge in [-0.15, -0.1) is 0 Å². The molecule has 1 aliphatic rings. The van der Waals surface area contributed by atoms with Crippen LogP contribution in [0.1, 0.15) is 30.4 Å². The minimum absolute atomic E-state index is 0.680. The molecule has 0 fully saturated rings. The van der Waals surface area contributed by atoms with Gasteiger partial charge in [0.05, 0.1) is 5.69 Å². The highest BCUT2D eigenvalue weighted by Gasteiger charge is 2.22. The largest absolute Gasteiger partial charge is 0.331 e. The predicted molar refractivity (Wildman–Crippen MR) is 82.6 cm³/mol. The van der Waals surface area contributed by atoms with Crippen LogP contribution in [0.15, 0.2) is 24.3 Å². The van der Waals surface area contributed by atoms with Crippen LogP contribution >= 0.6 is 0 Å². The lowest BCUT2D eigenvalue weighted by atomic mass is 10.00. The van der Waals surface area contributed by atoms with Crippen molar-refractivity contribution in [1.82, 2.24) is 9.55 Å². The topological polar surface area (TPSA) is 43.8 Å². The highest BCUT2D eigenvalue weighted by Crippen LogP contribution is 2.29. The van der Waals surface area contributed by atoms with Gasteiger partial charge in [0.2, 0.25) is 0 Å². The zero-order valence-corrected chi connectivity index (χ0v) is 12.4. The molecule has 0 radical (unpaired) electrons. The summed E-state index contributed by atoms with van der Waals surface area (Å²) in [5.74, 6) is 1.98. The summed E-state index contributed by atoms with van der Waals surface area (Å²) in [5, 5.41) is 0. The molecule has 20 heavy (non-hydrogen) atoms. The Morgan fingerprint density at radius 1 is 1.30 bits per heavy atom. The van der Waals surface area contributed by atoms with Crippen molar-refractivity contribution in [2.75, 3.05) is 6.54 Å². The minimum Gasteiger partial charge on any atom is -0.331 e. The van der Waals surface area contributed by atoms with Gasteiger partial charge in [-0.05, 0) is 25.8 Å². The predicted octanol–water partition coefficient (Wildman–Crippen LogP) is 2.94. The molecule has 1 aliphatic heterocycles. The first-order valence-electron chi connectivity index (χ1n) is 7.54. The van der Waals surface area contributed by atoms with E-state index in [1.807, 2.05) is 0 Å². The van der Waals surface area contributed by atoms with Crippen LogP contribution in [-0.2, 0) is 19.4 Å². The lowest BCUT2D eigenvalue weighted by Crippen LogP contribution is -2.20. The van der Waals surface area contributed by atoms with E-state index in [2.05, 4.69) is 42.7 Å². The number of imidazole rings is 1. The van der Waals surface area contributed by atoms with E-state index in [0.717, 1.165) is 31.0 Å². The van der Waals surface area contributed by atoms with E-state index in [4.69, 9.17) is 10.7 Å². The quantitative estimate of drug-likeness (QED) is 0.931. The summed E-state index contributed by atoms with van der Waals surface area (Å²) < 4.78 is 2.40. The van der Waals surface area contributed by atoms with Gasteiger partial charge in [-0.1, -0.05) is 36.8 Å². The zero-order chi connectivity index (χ0) is 14.1. The number of nitrogens with two attached hydrogens (primary N) is 1. The molecule has 1 aromatic carbocycles. The Balaban J connectivity index is 2.07. The van der Waals surface area contributed by atoms with Crippen LogP contribution in [0.2, 0.25) is 0 Å². The number of aromatic nitrogens is 2. The average molecular weight is 269 g/mol. The van der Waals surface area contributed by atoms with Crippen LogP contribution in [-0.4, -0.2) is 16.1 Å². The fourth-order valence-electron chi connectivity index (χ4n) is 3.05. The zero-order valence-electron chi connectivity index (χ0n) is 12.4. The molecule has 2 aromatic rings. The molecular weight excluding hydrogens is 246 g/mol. The fraction of sp³-hybridized carbons (Fsp3) is 0.471. The van der Waals surface area contributed by atoms with E-state index in [-0.39, 0.29) is 0 Å². The van der Waals surface area contributed by atoms with Crippen LogP contribution in [0.25, 0.3) is 11.3 Å². The molecule has 1 atom stereocenters. The second kappa shape index (κ2) is 5.41. The molecular formula is C17H23N3. The van der Waals surface area contributed by atoms with E-state index in [0.29, 0.717) is 6.54 Å². The molecule has 1 unspecified atom stereocenters. The van der Waals surface area contributed by atoms with Crippen molar-refractivity contribution >= 4 is 0 Å². The number of hydrogen-bond acceptors (Lipinski definition) is 2. The van der Waals surface area contributed by atoms with Gasteiger partial charge in [0, 0.05) is 30.6 Å². The molecule has 2 heterocycles. The maximum Gasteiger partial charge on any atom is 0.109 e. The van der Waals surface area contributed by atoms with E-state index in [1.165, 1.54) is 29.1 Å². The van der Waals surface area contributed by atoms with Crippen LogP contribution in [0.5, 0.6) is 0 Å². The monoisotopic (exact) mass is 269 g/mol. The Bertz CT molecular complexity index is 595. The third kappa shape index (κ3) is 2.38. The van der Waals surface area contributed by atoms with Gasteiger partial charge >= 0.3 is 0 Å². The molecule has 0 bridgehead atoms. The summed E-state index contributed by atoms with van der Waals surface area (Å²) >= 11 is 0. The van der Waals surface area contributed by atoms with Gasteiger partial charge in [0.15, 0.2) is 0 Å². The van der Waals surface area contributed by atoms with Crippen LogP contribution in [0.4, 0.5) is 0 Å². The molecule has 106 valence electrons. The van der Waals surface area contributed by atoms with Gasteiger partial charge in [-0.2, -0.15) is 0 Å². The lowest BCUT2D eigenvalue weighted by molar-refractivity contribution is 0.403. The number of nitrogens with zero attached hydrogens (tertiary/aromatic N) is 2. The van der Waals surface area contributed by atoms with Crippen molar-refractivity contribution < 1.29 is 0 Å². The Labute approximate surface area is 120 Å². The van der Waals surface area contributed by atoms with Gasteiger partial charge in [0.1, 0.15) is 5.82 Å². The van der Waals surface area contributed by atoms with Crippen molar-refractivity contribution in [3.63, 3.8) is 0 Å². The third-order valence-corrected chi connectivity index (χ3v) is 4.23. The maximum absolute atomic E-state index is 5.81. The van der Waals surface area contributed by atoms with E-state index >= 15 is 0 Å². The summed E-state index contributed by atoms with van der Waals surface area (Å²) in [6.45, 7) is 6.20. The second-order valence-electron chi connectivity index (χ2n) is 5.98. The van der Waals surface area contributed by atoms with Crippen molar-refractivity contribution in [3.8, 4) is 11.3 Å². The van der Waals surface area contributed by atoms with Gasteiger partial charge in [-0.3, -0.25) is 0 Å². The number of fused-ring (bicyclic) bond motifs is 1.